The third-order valence-electron chi connectivity index (χ3n) is 2.66. The second kappa shape index (κ2) is 4.47. The molecule has 0 unspecified atom stereocenters. The van der Waals surface area contributed by atoms with Crippen molar-refractivity contribution < 1.29 is 14.7 Å². The van der Waals surface area contributed by atoms with Gasteiger partial charge in [0.15, 0.2) is 0 Å². The van der Waals surface area contributed by atoms with E-state index in [1.807, 2.05) is 0 Å². The van der Waals surface area contributed by atoms with Crippen LogP contribution in [0.15, 0.2) is 11.3 Å². The monoisotopic (exact) mass is 211 g/mol. The van der Waals surface area contributed by atoms with Gasteiger partial charge in [-0.1, -0.05) is 13.8 Å². The first-order chi connectivity index (χ1) is 6.93. The predicted octanol–water partition coefficient (Wildman–Crippen LogP) is 1.62. The minimum absolute atomic E-state index is 0.0409. The van der Waals surface area contributed by atoms with Gasteiger partial charge in [0, 0.05) is 12.2 Å². The topological polar surface area (TPSA) is 57.6 Å². The maximum atomic E-state index is 11.5. The molecule has 0 aromatic carbocycles. The Labute approximate surface area is 89.6 Å². The van der Waals surface area contributed by atoms with E-state index in [0.29, 0.717) is 18.2 Å². The molecule has 1 aliphatic rings. The van der Waals surface area contributed by atoms with Gasteiger partial charge in [0.05, 0.1) is 12.0 Å². The van der Waals surface area contributed by atoms with E-state index in [1.54, 1.807) is 11.8 Å². The average Bonchev–Trinajstić information content (AvgIpc) is 2.39. The molecular formula is C11H17NO3. The Kier molecular flexibility index (Phi) is 3.50. The smallest absolute Gasteiger partial charge is 0.333 e. The molecule has 0 fully saturated rings. The van der Waals surface area contributed by atoms with Crippen LogP contribution in [0.2, 0.25) is 0 Å². The van der Waals surface area contributed by atoms with Crippen molar-refractivity contribution in [2.24, 2.45) is 5.92 Å². The zero-order valence-electron chi connectivity index (χ0n) is 9.41. The average molecular weight is 211 g/mol. The van der Waals surface area contributed by atoms with Gasteiger partial charge in [-0.05, 0) is 19.3 Å². The molecule has 1 N–H and O–H groups in total. The third-order valence-corrected chi connectivity index (χ3v) is 2.66. The van der Waals surface area contributed by atoms with E-state index in [0.717, 1.165) is 6.42 Å². The van der Waals surface area contributed by atoms with E-state index in [2.05, 4.69) is 13.8 Å². The Bertz CT molecular complexity index is 318. The molecule has 0 atom stereocenters. The van der Waals surface area contributed by atoms with Crippen molar-refractivity contribution in [3.8, 4) is 0 Å². The van der Waals surface area contributed by atoms with Gasteiger partial charge in [0.1, 0.15) is 0 Å². The highest BCUT2D eigenvalue weighted by Crippen LogP contribution is 2.24. The number of rotatable bonds is 4. The molecule has 0 bridgehead atoms. The minimum Gasteiger partial charge on any atom is -0.478 e. The molecule has 15 heavy (non-hydrogen) atoms. The molecule has 0 aromatic rings. The fourth-order valence-electron chi connectivity index (χ4n) is 1.63. The lowest BCUT2D eigenvalue weighted by Gasteiger charge is -2.18. The lowest BCUT2D eigenvalue weighted by molar-refractivity contribution is -0.134. The van der Waals surface area contributed by atoms with Gasteiger partial charge in [-0.3, -0.25) is 4.79 Å². The molecule has 84 valence electrons. The van der Waals surface area contributed by atoms with Crippen molar-refractivity contribution in [2.45, 2.75) is 33.6 Å². The van der Waals surface area contributed by atoms with Crippen molar-refractivity contribution in [2.75, 3.05) is 6.54 Å². The van der Waals surface area contributed by atoms with Crippen LogP contribution in [0, 0.1) is 5.92 Å². The van der Waals surface area contributed by atoms with Crippen LogP contribution in [0.1, 0.15) is 33.6 Å². The molecule has 0 aliphatic carbocycles. The van der Waals surface area contributed by atoms with E-state index in [-0.39, 0.29) is 17.9 Å². The summed E-state index contributed by atoms with van der Waals surface area (Å²) in [5, 5.41) is 8.86. The van der Waals surface area contributed by atoms with Crippen LogP contribution in [0.4, 0.5) is 0 Å². The largest absolute Gasteiger partial charge is 0.478 e. The van der Waals surface area contributed by atoms with Gasteiger partial charge in [-0.25, -0.2) is 4.79 Å². The number of amides is 1. The maximum absolute atomic E-state index is 11.5. The molecule has 1 heterocycles. The van der Waals surface area contributed by atoms with Crippen molar-refractivity contribution in [3.63, 3.8) is 0 Å². The van der Waals surface area contributed by atoms with Crippen molar-refractivity contribution in [3.05, 3.63) is 11.3 Å². The second-order valence-electron chi connectivity index (χ2n) is 4.27. The molecule has 0 aromatic heterocycles. The Hall–Kier alpha value is -1.32. The van der Waals surface area contributed by atoms with Gasteiger partial charge < -0.3 is 10.0 Å². The summed E-state index contributed by atoms with van der Waals surface area (Å²) in [6.07, 6.45) is 0.940. The minimum atomic E-state index is -0.979. The first-order valence-corrected chi connectivity index (χ1v) is 5.17. The standard InChI is InChI=1S/C11H17NO3/c1-7(2)4-5-12-8(3)9(11(14)15)6-10(12)13/h7H,4-6H2,1-3H3,(H,14,15). The summed E-state index contributed by atoms with van der Waals surface area (Å²) in [6.45, 7) is 6.49. The van der Waals surface area contributed by atoms with Crippen molar-refractivity contribution in [1.82, 2.24) is 4.90 Å². The van der Waals surface area contributed by atoms with E-state index >= 15 is 0 Å². The Morgan fingerprint density at radius 3 is 2.53 bits per heavy atom. The van der Waals surface area contributed by atoms with E-state index in [9.17, 15) is 9.59 Å². The molecule has 4 heteroatoms. The molecule has 1 rings (SSSR count). The summed E-state index contributed by atoms with van der Waals surface area (Å²) < 4.78 is 0. The second-order valence-corrected chi connectivity index (χ2v) is 4.27. The number of carboxylic acid groups (broad SMARTS) is 1. The Balaban J connectivity index is 2.73. The SMILES string of the molecule is CC1=C(C(=O)O)CC(=O)N1CCC(C)C. The maximum Gasteiger partial charge on any atom is 0.333 e. The Morgan fingerprint density at radius 1 is 1.53 bits per heavy atom. The zero-order chi connectivity index (χ0) is 11.6. The van der Waals surface area contributed by atoms with E-state index in [4.69, 9.17) is 5.11 Å². The molecule has 4 nitrogen and oxygen atoms in total. The number of nitrogens with zero attached hydrogens (tertiary/aromatic N) is 1. The van der Waals surface area contributed by atoms with Gasteiger partial charge in [0.25, 0.3) is 0 Å². The molecule has 0 radical (unpaired) electrons. The van der Waals surface area contributed by atoms with Crippen LogP contribution in [0.25, 0.3) is 0 Å². The third kappa shape index (κ3) is 2.58. The molecular weight excluding hydrogens is 194 g/mol. The van der Waals surface area contributed by atoms with Gasteiger partial charge in [0.2, 0.25) is 5.91 Å². The van der Waals surface area contributed by atoms with Crippen molar-refractivity contribution in [1.29, 1.82) is 0 Å². The number of allylic oxidation sites excluding steroid dienone is 1. The lowest BCUT2D eigenvalue weighted by atomic mass is 10.1. The summed E-state index contributed by atoms with van der Waals surface area (Å²) in [6, 6.07) is 0. The van der Waals surface area contributed by atoms with E-state index < -0.39 is 5.97 Å². The quantitative estimate of drug-likeness (QED) is 0.768. The fourth-order valence-corrected chi connectivity index (χ4v) is 1.63. The number of aliphatic carboxylic acids is 1. The van der Waals surface area contributed by atoms with Crippen LogP contribution in [-0.4, -0.2) is 28.4 Å². The van der Waals surface area contributed by atoms with Gasteiger partial charge in [-0.15, -0.1) is 0 Å². The normalized spacial score (nSPS) is 16.8. The Morgan fingerprint density at radius 2 is 2.13 bits per heavy atom. The highest BCUT2D eigenvalue weighted by atomic mass is 16.4. The number of carbonyl (C=O) groups excluding carboxylic acids is 1. The lowest BCUT2D eigenvalue weighted by Crippen LogP contribution is -2.26. The van der Waals surface area contributed by atoms with Crippen LogP contribution >= 0.6 is 0 Å². The first kappa shape index (κ1) is 11.8. The summed E-state index contributed by atoms with van der Waals surface area (Å²) in [4.78, 5) is 23.9. The van der Waals surface area contributed by atoms with Gasteiger partial charge >= 0.3 is 5.97 Å². The first-order valence-electron chi connectivity index (χ1n) is 5.17. The number of hydrogen-bond donors (Lipinski definition) is 1. The van der Waals surface area contributed by atoms with Crippen LogP contribution in [0.5, 0.6) is 0 Å². The van der Waals surface area contributed by atoms with Crippen LogP contribution in [-0.2, 0) is 9.59 Å². The predicted molar refractivity (Wildman–Crippen MR) is 56.1 cm³/mol. The summed E-state index contributed by atoms with van der Waals surface area (Å²) >= 11 is 0. The summed E-state index contributed by atoms with van der Waals surface area (Å²) in [7, 11) is 0. The van der Waals surface area contributed by atoms with E-state index in [1.165, 1.54) is 0 Å². The molecule has 0 saturated heterocycles. The highest BCUT2D eigenvalue weighted by Gasteiger charge is 2.30. The van der Waals surface area contributed by atoms with Crippen molar-refractivity contribution >= 4 is 11.9 Å². The number of hydrogen-bond acceptors (Lipinski definition) is 2. The summed E-state index contributed by atoms with van der Waals surface area (Å²) in [5.41, 5.74) is 0.844. The summed E-state index contributed by atoms with van der Waals surface area (Å²) in [5.74, 6) is -0.557. The van der Waals surface area contributed by atoms with Gasteiger partial charge in [-0.2, -0.15) is 0 Å². The fraction of sp³-hybridized carbons (Fsp3) is 0.636. The zero-order valence-corrected chi connectivity index (χ0v) is 9.41. The molecule has 1 aliphatic heterocycles. The van der Waals surface area contributed by atoms with Crippen LogP contribution in [0.3, 0.4) is 0 Å². The molecule has 0 saturated carbocycles. The number of carbonyl (C=O) groups is 2. The number of carboxylic acids is 1. The van der Waals surface area contributed by atoms with Crippen LogP contribution < -0.4 is 0 Å². The highest BCUT2D eigenvalue weighted by molar-refractivity contribution is 5.99. The molecule has 1 amide bonds. The molecule has 0 spiro atoms.